The summed E-state index contributed by atoms with van der Waals surface area (Å²) >= 11 is 0. The number of ketones is 1. The minimum atomic E-state index is -1.59. The molecule has 1 unspecified atom stereocenters. The number of aliphatic hydroxyl groups is 3. The highest BCUT2D eigenvalue weighted by Crippen LogP contribution is 2.23. The van der Waals surface area contributed by atoms with E-state index in [9.17, 15) is 24.9 Å². The van der Waals surface area contributed by atoms with Gasteiger partial charge < -0.3 is 25.4 Å². The van der Waals surface area contributed by atoms with Gasteiger partial charge in [-0.3, -0.25) is 9.59 Å². The molecule has 0 saturated carbocycles. The fourth-order valence-electron chi connectivity index (χ4n) is 1.83. The van der Waals surface area contributed by atoms with E-state index in [4.69, 9.17) is 4.74 Å². The van der Waals surface area contributed by atoms with E-state index < -0.39 is 42.3 Å². The molecule has 1 fully saturated rings. The monoisotopic (exact) mass is 286 g/mol. The van der Waals surface area contributed by atoms with Gasteiger partial charge in [0.15, 0.2) is 17.7 Å². The first-order valence-corrected chi connectivity index (χ1v) is 5.78. The number of nitrogens with one attached hydrogen (secondary N) is 2. The Bertz CT molecular complexity index is 492. The quantitative estimate of drug-likeness (QED) is 0.390. The third-order valence-electron chi connectivity index (χ3n) is 2.95. The number of aromatic amines is 1. The first-order valence-electron chi connectivity index (χ1n) is 5.78. The molecule has 0 aliphatic carbocycles. The van der Waals surface area contributed by atoms with Crippen LogP contribution in [0.15, 0.2) is 6.20 Å². The second kappa shape index (κ2) is 5.63. The van der Waals surface area contributed by atoms with Crippen LogP contribution in [0.3, 0.4) is 0 Å². The van der Waals surface area contributed by atoms with Crippen LogP contribution in [0.2, 0.25) is 0 Å². The van der Waals surface area contributed by atoms with Crippen LogP contribution in [0.4, 0.5) is 0 Å². The number of rotatable bonds is 4. The second-order valence-electron chi connectivity index (χ2n) is 4.39. The molecule has 1 aliphatic rings. The van der Waals surface area contributed by atoms with Crippen LogP contribution in [-0.4, -0.2) is 73.1 Å². The summed E-state index contributed by atoms with van der Waals surface area (Å²) in [4.78, 5) is 22.8. The van der Waals surface area contributed by atoms with Crippen LogP contribution >= 0.6 is 0 Å². The van der Waals surface area contributed by atoms with Gasteiger partial charge in [-0.2, -0.15) is 15.4 Å². The Hall–Kier alpha value is -1.88. The molecular weight excluding hydrogens is 272 g/mol. The molecule has 1 saturated heterocycles. The number of ether oxygens (including phenoxy) is 1. The number of aromatic nitrogens is 3. The predicted molar refractivity (Wildman–Crippen MR) is 61.2 cm³/mol. The van der Waals surface area contributed by atoms with Gasteiger partial charge in [-0.1, -0.05) is 0 Å². The van der Waals surface area contributed by atoms with Gasteiger partial charge in [0.05, 0.1) is 6.20 Å². The van der Waals surface area contributed by atoms with Crippen molar-refractivity contribution in [2.45, 2.75) is 37.6 Å². The Labute approximate surface area is 112 Å². The fourth-order valence-corrected chi connectivity index (χ4v) is 1.83. The summed E-state index contributed by atoms with van der Waals surface area (Å²) in [6.07, 6.45) is -6.00. The first kappa shape index (κ1) is 14.5. The largest absolute Gasteiger partial charge is 0.387 e. The Morgan fingerprint density at radius 2 is 2.15 bits per heavy atom. The highest BCUT2D eigenvalue weighted by atomic mass is 16.6. The summed E-state index contributed by atoms with van der Waals surface area (Å²) in [5, 5.41) is 40.5. The third-order valence-corrected chi connectivity index (χ3v) is 2.95. The average Bonchev–Trinajstić information content (AvgIpc) is 3.02. The molecule has 1 aromatic heterocycles. The van der Waals surface area contributed by atoms with Crippen molar-refractivity contribution in [2.75, 3.05) is 0 Å². The lowest BCUT2D eigenvalue weighted by Crippen LogP contribution is -2.44. The van der Waals surface area contributed by atoms with Crippen molar-refractivity contribution in [1.82, 2.24) is 20.7 Å². The number of nitrogens with zero attached hydrogens (tertiary/aromatic N) is 2. The third kappa shape index (κ3) is 2.67. The van der Waals surface area contributed by atoms with Crippen molar-refractivity contribution in [3.8, 4) is 0 Å². The summed E-state index contributed by atoms with van der Waals surface area (Å²) < 4.78 is 5.12. The molecule has 2 rings (SSSR count). The van der Waals surface area contributed by atoms with Crippen LogP contribution < -0.4 is 5.32 Å². The number of amides is 1. The van der Waals surface area contributed by atoms with Gasteiger partial charge in [0, 0.05) is 0 Å². The minimum absolute atomic E-state index is 0.0362. The molecule has 10 heteroatoms. The summed E-state index contributed by atoms with van der Waals surface area (Å²) in [5.74, 6) is -1.31. The van der Waals surface area contributed by atoms with Crippen molar-refractivity contribution in [2.24, 2.45) is 0 Å². The zero-order valence-corrected chi connectivity index (χ0v) is 10.4. The van der Waals surface area contributed by atoms with Gasteiger partial charge >= 0.3 is 0 Å². The highest BCUT2D eigenvalue weighted by Gasteiger charge is 2.47. The van der Waals surface area contributed by atoms with Crippen molar-refractivity contribution in [3.63, 3.8) is 0 Å². The molecule has 1 aliphatic heterocycles. The zero-order valence-electron chi connectivity index (χ0n) is 10.4. The molecule has 0 aromatic carbocycles. The molecule has 5 N–H and O–H groups in total. The molecule has 110 valence electrons. The topological polar surface area (TPSA) is 158 Å². The van der Waals surface area contributed by atoms with Gasteiger partial charge in [-0.15, -0.1) is 0 Å². The van der Waals surface area contributed by atoms with Crippen LogP contribution in [-0.2, 0) is 9.53 Å². The number of carbonyl (C=O) groups is 2. The SMILES string of the molecule is CC(=O)C(O)[C@@H]1O[C@@H](NC(=O)c2cn[nH]n2)[C@@H](O)[C@H]1O. The van der Waals surface area contributed by atoms with Crippen LogP contribution in [0.1, 0.15) is 17.4 Å². The maximum atomic E-state index is 11.7. The molecule has 20 heavy (non-hydrogen) atoms. The van der Waals surface area contributed by atoms with Gasteiger partial charge in [0.2, 0.25) is 0 Å². The van der Waals surface area contributed by atoms with Crippen molar-refractivity contribution in [3.05, 3.63) is 11.9 Å². The van der Waals surface area contributed by atoms with Crippen molar-refractivity contribution < 1.29 is 29.6 Å². The van der Waals surface area contributed by atoms with E-state index in [0.29, 0.717) is 0 Å². The first-order chi connectivity index (χ1) is 9.41. The van der Waals surface area contributed by atoms with Gasteiger partial charge in [-0.05, 0) is 6.92 Å². The van der Waals surface area contributed by atoms with E-state index in [1.807, 2.05) is 0 Å². The van der Waals surface area contributed by atoms with Gasteiger partial charge in [0.25, 0.3) is 5.91 Å². The average molecular weight is 286 g/mol. The normalized spacial score (nSPS) is 31.0. The maximum Gasteiger partial charge on any atom is 0.275 e. The smallest absolute Gasteiger partial charge is 0.275 e. The second-order valence-corrected chi connectivity index (χ2v) is 4.39. The maximum absolute atomic E-state index is 11.7. The molecule has 1 amide bonds. The lowest BCUT2D eigenvalue weighted by Gasteiger charge is -2.18. The molecule has 0 radical (unpaired) electrons. The Morgan fingerprint density at radius 1 is 1.45 bits per heavy atom. The summed E-state index contributed by atoms with van der Waals surface area (Å²) in [7, 11) is 0. The predicted octanol–water partition coefficient (Wildman–Crippen LogP) is -3.07. The number of H-pyrrole nitrogens is 1. The molecule has 5 atom stereocenters. The highest BCUT2D eigenvalue weighted by molar-refractivity contribution is 5.92. The molecule has 2 heterocycles. The molecule has 0 spiro atoms. The van der Waals surface area contributed by atoms with E-state index in [2.05, 4.69) is 20.7 Å². The van der Waals surface area contributed by atoms with E-state index in [-0.39, 0.29) is 5.69 Å². The summed E-state index contributed by atoms with van der Waals surface area (Å²) in [5.41, 5.74) is -0.0362. The Balaban J connectivity index is 2.03. The number of hydrogen-bond acceptors (Lipinski definition) is 8. The van der Waals surface area contributed by atoms with Crippen LogP contribution in [0.25, 0.3) is 0 Å². The number of carbonyl (C=O) groups excluding carboxylic acids is 2. The van der Waals surface area contributed by atoms with Crippen molar-refractivity contribution >= 4 is 11.7 Å². The molecule has 1 aromatic rings. The molecule has 10 nitrogen and oxygen atoms in total. The van der Waals surface area contributed by atoms with Crippen LogP contribution in [0.5, 0.6) is 0 Å². The lowest BCUT2D eigenvalue weighted by atomic mass is 10.0. The summed E-state index contributed by atoms with van der Waals surface area (Å²) in [6.45, 7) is 1.12. The number of hydrogen-bond donors (Lipinski definition) is 5. The van der Waals surface area contributed by atoms with Gasteiger partial charge in [0.1, 0.15) is 24.4 Å². The minimum Gasteiger partial charge on any atom is -0.387 e. The summed E-state index contributed by atoms with van der Waals surface area (Å²) in [6, 6.07) is 0. The van der Waals surface area contributed by atoms with E-state index in [0.717, 1.165) is 13.1 Å². The lowest BCUT2D eigenvalue weighted by molar-refractivity contribution is -0.137. The number of aliphatic hydroxyl groups excluding tert-OH is 3. The standard InChI is InChI=1S/C10H14N4O6/c1-3(15)5(16)8-6(17)7(18)10(20-8)12-9(19)4-2-11-14-13-4/h2,5-8,10,16-18H,1H3,(H,12,19)(H,11,13,14)/t5?,6-,7+,8+,10-/m1/s1. The van der Waals surface area contributed by atoms with Crippen LogP contribution in [0, 0.1) is 0 Å². The fraction of sp³-hybridized carbons (Fsp3) is 0.600. The molecule has 0 bridgehead atoms. The number of Topliss-reactive ketones (excluding diaryl/α,β-unsaturated/α-hetero) is 1. The zero-order chi connectivity index (χ0) is 14.9. The van der Waals surface area contributed by atoms with E-state index in [1.54, 1.807) is 0 Å². The Kier molecular flexibility index (Phi) is 4.09. The Morgan fingerprint density at radius 3 is 2.70 bits per heavy atom. The van der Waals surface area contributed by atoms with Crippen molar-refractivity contribution in [1.29, 1.82) is 0 Å². The molecular formula is C10H14N4O6. The van der Waals surface area contributed by atoms with E-state index in [1.165, 1.54) is 0 Å². The van der Waals surface area contributed by atoms with E-state index >= 15 is 0 Å². The van der Waals surface area contributed by atoms with Gasteiger partial charge in [-0.25, -0.2) is 0 Å².